The fourth-order valence-electron chi connectivity index (χ4n) is 3.85. The van der Waals surface area contributed by atoms with Crippen molar-refractivity contribution in [3.8, 4) is 0 Å². The first kappa shape index (κ1) is 21.1. The lowest BCUT2D eigenvalue weighted by Crippen LogP contribution is -2.20. The van der Waals surface area contributed by atoms with Crippen LogP contribution in [0.1, 0.15) is 42.3 Å². The van der Waals surface area contributed by atoms with Gasteiger partial charge in [0.15, 0.2) is 5.11 Å². The number of anilines is 2. The van der Waals surface area contributed by atoms with Crippen molar-refractivity contribution in [3.05, 3.63) is 89.2 Å². The van der Waals surface area contributed by atoms with Gasteiger partial charge in [-0.2, -0.15) is 5.10 Å². The smallest absolute Gasteiger partial charge is 0.175 e. The summed E-state index contributed by atoms with van der Waals surface area (Å²) in [5, 5.41) is 14.5. The molecule has 3 aromatic carbocycles. The normalized spacial score (nSPS) is 11.1. The van der Waals surface area contributed by atoms with Gasteiger partial charge in [0.25, 0.3) is 0 Å². The van der Waals surface area contributed by atoms with Crippen molar-refractivity contribution >= 4 is 39.5 Å². The second-order valence-corrected chi connectivity index (χ2v) is 8.61. The molecule has 0 radical (unpaired) electrons. The summed E-state index contributed by atoms with van der Waals surface area (Å²) in [6, 6.07) is 23.3. The van der Waals surface area contributed by atoms with Crippen LogP contribution in [0.4, 0.5) is 11.4 Å². The molecule has 0 aliphatic carbocycles. The molecule has 0 saturated carbocycles. The molecule has 0 aliphatic heterocycles. The molecule has 0 aliphatic rings. The molecule has 0 bridgehead atoms. The molecule has 4 aromatic rings. The lowest BCUT2D eigenvalue weighted by Gasteiger charge is -2.13. The summed E-state index contributed by atoms with van der Waals surface area (Å²) in [6.45, 7) is 9.18. The van der Waals surface area contributed by atoms with Gasteiger partial charge < -0.3 is 10.6 Å². The van der Waals surface area contributed by atoms with Gasteiger partial charge >= 0.3 is 0 Å². The van der Waals surface area contributed by atoms with Crippen LogP contribution in [0.3, 0.4) is 0 Å². The zero-order valence-electron chi connectivity index (χ0n) is 18.4. The Kier molecular flexibility index (Phi) is 6.05. The van der Waals surface area contributed by atoms with Gasteiger partial charge in [0.2, 0.25) is 0 Å². The Balaban J connectivity index is 1.50. The lowest BCUT2D eigenvalue weighted by molar-refractivity contribution is 0.662. The average Bonchev–Trinajstić information content (AvgIpc) is 3.01. The minimum atomic E-state index is 0.511. The number of benzene rings is 3. The summed E-state index contributed by atoms with van der Waals surface area (Å²) in [6.07, 6.45) is 0. The van der Waals surface area contributed by atoms with Crippen LogP contribution in [0.15, 0.2) is 66.7 Å². The molecule has 4 rings (SSSR count). The molecule has 5 heteroatoms. The molecular formula is C26H28N4S. The highest BCUT2D eigenvalue weighted by Crippen LogP contribution is 2.24. The molecule has 31 heavy (non-hydrogen) atoms. The third-order valence-electron chi connectivity index (χ3n) is 5.66. The van der Waals surface area contributed by atoms with Crippen LogP contribution < -0.4 is 10.6 Å². The number of nitrogens with one attached hydrogen (secondary N) is 2. The number of rotatable bonds is 5. The van der Waals surface area contributed by atoms with Crippen molar-refractivity contribution < 1.29 is 0 Å². The van der Waals surface area contributed by atoms with E-state index < -0.39 is 0 Å². The van der Waals surface area contributed by atoms with Gasteiger partial charge in [0, 0.05) is 5.69 Å². The summed E-state index contributed by atoms with van der Waals surface area (Å²) >= 11 is 5.56. The fourth-order valence-corrected chi connectivity index (χ4v) is 4.07. The number of nitrogens with zero attached hydrogens (tertiary/aromatic N) is 2. The van der Waals surface area contributed by atoms with E-state index in [4.69, 9.17) is 17.3 Å². The van der Waals surface area contributed by atoms with Crippen LogP contribution in [-0.2, 0) is 6.54 Å². The Bertz CT molecular complexity index is 1220. The molecular weight excluding hydrogens is 400 g/mol. The predicted molar refractivity (Wildman–Crippen MR) is 135 cm³/mol. The minimum Gasteiger partial charge on any atom is -0.332 e. The SMILES string of the molecule is Cc1nn(Cc2cccc3ccccc23)c(C)c1NC(=S)Nc1ccc(C(C)C)cc1. The minimum absolute atomic E-state index is 0.511. The molecule has 2 N–H and O–H groups in total. The van der Waals surface area contributed by atoms with Crippen molar-refractivity contribution in [1.82, 2.24) is 9.78 Å². The zero-order valence-corrected chi connectivity index (χ0v) is 19.3. The first-order valence-corrected chi connectivity index (χ1v) is 11.0. The van der Waals surface area contributed by atoms with Crippen molar-refractivity contribution in [2.75, 3.05) is 10.6 Å². The highest BCUT2D eigenvalue weighted by molar-refractivity contribution is 7.80. The number of hydrogen-bond donors (Lipinski definition) is 2. The van der Waals surface area contributed by atoms with Gasteiger partial charge in [0.05, 0.1) is 23.6 Å². The highest BCUT2D eigenvalue weighted by Gasteiger charge is 2.14. The van der Waals surface area contributed by atoms with E-state index in [1.54, 1.807) is 0 Å². The fraction of sp³-hybridized carbons (Fsp3) is 0.231. The zero-order chi connectivity index (χ0) is 22.0. The average molecular weight is 429 g/mol. The summed E-state index contributed by atoms with van der Waals surface area (Å²) < 4.78 is 2.04. The van der Waals surface area contributed by atoms with Gasteiger partial charge in [-0.15, -0.1) is 0 Å². The van der Waals surface area contributed by atoms with Crippen LogP contribution in [-0.4, -0.2) is 14.9 Å². The van der Waals surface area contributed by atoms with Gasteiger partial charge in [-0.25, -0.2) is 0 Å². The second kappa shape index (κ2) is 8.90. The highest BCUT2D eigenvalue weighted by atomic mass is 32.1. The molecule has 0 unspecified atom stereocenters. The van der Waals surface area contributed by atoms with E-state index in [2.05, 4.69) is 98.1 Å². The maximum absolute atomic E-state index is 5.56. The van der Waals surface area contributed by atoms with E-state index in [0.29, 0.717) is 17.6 Å². The van der Waals surface area contributed by atoms with Gasteiger partial charge in [-0.3, -0.25) is 4.68 Å². The largest absolute Gasteiger partial charge is 0.332 e. The maximum atomic E-state index is 5.56. The number of thiocarbonyl (C=S) groups is 1. The molecule has 4 nitrogen and oxygen atoms in total. The van der Waals surface area contributed by atoms with Crippen LogP contribution in [0, 0.1) is 13.8 Å². The van der Waals surface area contributed by atoms with Gasteiger partial charge in [0.1, 0.15) is 0 Å². The van der Waals surface area contributed by atoms with Crippen LogP contribution in [0.2, 0.25) is 0 Å². The molecule has 0 spiro atoms. The van der Waals surface area contributed by atoms with E-state index >= 15 is 0 Å². The molecule has 0 amide bonds. The Hall–Kier alpha value is -3.18. The monoisotopic (exact) mass is 428 g/mol. The maximum Gasteiger partial charge on any atom is 0.175 e. The Morgan fingerprint density at radius 1 is 0.935 bits per heavy atom. The Morgan fingerprint density at radius 2 is 1.65 bits per heavy atom. The van der Waals surface area contributed by atoms with Crippen LogP contribution in [0.5, 0.6) is 0 Å². The van der Waals surface area contributed by atoms with Crippen molar-refractivity contribution in [2.45, 2.75) is 40.2 Å². The molecule has 0 fully saturated rings. The van der Waals surface area contributed by atoms with E-state index in [1.165, 1.54) is 21.9 Å². The van der Waals surface area contributed by atoms with Crippen molar-refractivity contribution in [3.63, 3.8) is 0 Å². The van der Waals surface area contributed by atoms with Crippen molar-refractivity contribution in [2.24, 2.45) is 0 Å². The third kappa shape index (κ3) is 4.62. The molecule has 158 valence electrons. The Labute approximate surface area is 189 Å². The number of aromatic nitrogens is 2. The number of aryl methyl sites for hydroxylation is 1. The molecule has 1 aromatic heterocycles. The summed E-state index contributed by atoms with van der Waals surface area (Å²) in [4.78, 5) is 0. The van der Waals surface area contributed by atoms with Crippen molar-refractivity contribution in [1.29, 1.82) is 0 Å². The van der Waals surface area contributed by atoms with Crippen LogP contribution in [0.25, 0.3) is 10.8 Å². The Morgan fingerprint density at radius 3 is 2.39 bits per heavy atom. The van der Waals surface area contributed by atoms with Crippen LogP contribution >= 0.6 is 12.2 Å². The quantitative estimate of drug-likeness (QED) is 0.350. The third-order valence-corrected chi connectivity index (χ3v) is 5.86. The first-order chi connectivity index (χ1) is 14.9. The van der Waals surface area contributed by atoms with Gasteiger partial charge in [-0.05, 0) is 66.0 Å². The topological polar surface area (TPSA) is 41.9 Å². The first-order valence-electron chi connectivity index (χ1n) is 10.6. The standard InChI is InChI=1S/C26H28N4S/c1-17(2)20-12-14-23(15-13-20)27-26(31)28-25-18(3)29-30(19(25)4)16-22-10-7-9-21-8-5-6-11-24(21)22/h5-15,17H,16H2,1-4H3,(H2,27,28,31). The summed E-state index contributed by atoms with van der Waals surface area (Å²) in [5.41, 5.74) is 6.48. The predicted octanol–water partition coefficient (Wildman–Crippen LogP) is 6.63. The summed E-state index contributed by atoms with van der Waals surface area (Å²) in [7, 11) is 0. The molecule has 0 saturated heterocycles. The van der Waals surface area contributed by atoms with E-state index in [9.17, 15) is 0 Å². The van der Waals surface area contributed by atoms with E-state index in [1.807, 2.05) is 11.6 Å². The summed E-state index contributed by atoms with van der Waals surface area (Å²) in [5.74, 6) is 0.511. The second-order valence-electron chi connectivity index (χ2n) is 8.20. The molecule has 1 heterocycles. The van der Waals surface area contributed by atoms with E-state index in [0.717, 1.165) is 22.8 Å². The lowest BCUT2D eigenvalue weighted by atomic mass is 10.0. The van der Waals surface area contributed by atoms with E-state index in [-0.39, 0.29) is 0 Å². The molecule has 0 atom stereocenters. The number of fused-ring (bicyclic) bond motifs is 1. The van der Waals surface area contributed by atoms with Gasteiger partial charge in [-0.1, -0.05) is 68.4 Å². The number of hydrogen-bond acceptors (Lipinski definition) is 2.